The van der Waals surface area contributed by atoms with Crippen molar-refractivity contribution in [2.24, 2.45) is 11.7 Å². The highest BCUT2D eigenvalue weighted by atomic mass is 15.2. The molecule has 2 unspecified atom stereocenters. The molecule has 2 aliphatic rings. The summed E-state index contributed by atoms with van der Waals surface area (Å²) in [4.78, 5) is 2.77. The van der Waals surface area contributed by atoms with E-state index in [1.54, 1.807) is 0 Å². The molecule has 0 bridgehead atoms. The maximum Gasteiger partial charge on any atom is 0.0135 e. The molecule has 1 aliphatic heterocycles. The monoisotopic (exact) mass is 224 g/mol. The van der Waals surface area contributed by atoms with E-state index in [1.165, 1.54) is 70.9 Å². The van der Waals surface area contributed by atoms with E-state index in [1.807, 2.05) is 0 Å². The highest BCUT2D eigenvalue weighted by Gasteiger charge is 2.28. The Hall–Kier alpha value is -0.0800. The predicted molar refractivity (Wildman–Crippen MR) is 69.5 cm³/mol. The van der Waals surface area contributed by atoms with Gasteiger partial charge in [0.2, 0.25) is 0 Å². The molecular formula is C14H28N2. The second kappa shape index (κ2) is 6.61. The van der Waals surface area contributed by atoms with E-state index in [0.29, 0.717) is 0 Å². The molecule has 2 heteroatoms. The van der Waals surface area contributed by atoms with Gasteiger partial charge in [0.25, 0.3) is 0 Å². The summed E-state index contributed by atoms with van der Waals surface area (Å²) in [5.74, 6) is 0.778. The van der Waals surface area contributed by atoms with Crippen LogP contribution in [0.25, 0.3) is 0 Å². The fraction of sp³-hybridized carbons (Fsp3) is 1.00. The summed E-state index contributed by atoms with van der Waals surface area (Å²) in [6, 6.07) is 0.811. The molecule has 0 spiro atoms. The van der Waals surface area contributed by atoms with E-state index < -0.39 is 0 Å². The Morgan fingerprint density at radius 1 is 0.812 bits per heavy atom. The fourth-order valence-electron chi connectivity index (χ4n) is 3.55. The molecule has 0 aromatic heterocycles. The number of nitrogens with two attached hydrogens (primary N) is 1. The Kier molecular flexibility index (Phi) is 5.11. The third kappa shape index (κ3) is 3.21. The lowest BCUT2D eigenvalue weighted by atomic mass is 9.93. The van der Waals surface area contributed by atoms with Crippen molar-refractivity contribution in [2.45, 2.75) is 63.8 Å². The first kappa shape index (κ1) is 12.4. The molecule has 94 valence electrons. The van der Waals surface area contributed by atoms with Crippen LogP contribution in [0, 0.1) is 5.92 Å². The SMILES string of the molecule is NCC1CCCCCC1N1CCCCCC1. The number of nitrogens with zero attached hydrogens (tertiary/aromatic N) is 1. The van der Waals surface area contributed by atoms with E-state index in [4.69, 9.17) is 5.73 Å². The van der Waals surface area contributed by atoms with Crippen molar-refractivity contribution in [3.05, 3.63) is 0 Å². The first-order valence-electron chi connectivity index (χ1n) is 7.36. The Morgan fingerprint density at radius 3 is 2.12 bits per heavy atom. The van der Waals surface area contributed by atoms with Crippen molar-refractivity contribution in [2.75, 3.05) is 19.6 Å². The van der Waals surface area contributed by atoms with Gasteiger partial charge in [-0.2, -0.15) is 0 Å². The van der Waals surface area contributed by atoms with Crippen LogP contribution in [0.15, 0.2) is 0 Å². The minimum atomic E-state index is 0.778. The minimum absolute atomic E-state index is 0.778. The Morgan fingerprint density at radius 2 is 1.44 bits per heavy atom. The molecule has 16 heavy (non-hydrogen) atoms. The molecule has 0 aromatic carbocycles. The lowest BCUT2D eigenvalue weighted by Gasteiger charge is -2.35. The number of hydrogen-bond acceptors (Lipinski definition) is 2. The minimum Gasteiger partial charge on any atom is -0.330 e. The second-order valence-electron chi connectivity index (χ2n) is 5.65. The van der Waals surface area contributed by atoms with Gasteiger partial charge in [0, 0.05) is 6.04 Å². The molecule has 1 aliphatic carbocycles. The molecule has 2 fully saturated rings. The summed E-state index contributed by atoms with van der Waals surface area (Å²) >= 11 is 0. The highest BCUT2D eigenvalue weighted by Crippen LogP contribution is 2.28. The first-order valence-corrected chi connectivity index (χ1v) is 7.36. The van der Waals surface area contributed by atoms with Crippen molar-refractivity contribution in [3.8, 4) is 0 Å². The Labute approximate surface area is 101 Å². The van der Waals surface area contributed by atoms with E-state index in [0.717, 1.165) is 18.5 Å². The summed E-state index contributed by atoms with van der Waals surface area (Å²) in [5, 5.41) is 0. The van der Waals surface area contributed by atoms with Crippen LogP contribution in [0.3, 0.4) is 0 Å². The van der Waals surface area contributed by atoms with Crippen LogP contribution in [-0.4, -0.2) is 30.6 Å². The molecule has 1 heterocycles. The summed E-state index contributed by atoms with van der Waals surface area (Å²) in [5.41, 5.74) is 5.98. The van der Waals surface area contributed by atoms with E-state index in [2.05, 4.69) is 4.90 Å². The van der Waals surface area contributed by atoms with Crippen LogP contribution in [0.4, 0.5) is 0 Å². The smallest absolute Gasteiger partial charge is 0.0135 e. The van der Waals surface area contributed by atoms with Crippen LogP contribution >= 0.6 is 0 Å². The average Bonchev–Trinajstić information content (AvgIpc) is 2.70. The zero-order chi connectivity index (χ0) is 11.2. The van der Waals surface area contributed by atoms with Crippen molar-refractivity contribution in [3.63, 3.8) is 0 Å². The summed E-state index contributed by atoms with van der Waals surface area (Å²) in [7, 11) is 0. The molecule has 2 rings (SSSR count). The third-order valence-electron chi connectivity index (χ3n) is 4.53. The van der Waals surface area contributed by atoms with Gasteiger partial charge in [0.05, 0.1) is 0 Å². The third-order valence-corrected chi connectivity index (χ3v) is 4.53. The second-order valence-corrected chi connectivity index (χ2v) is 5.65. The Bertz CT molecular complexity index is 185. The van der Waals surface area contributed by atoms with Crippen molar-refractivity contribution >= 4 is 0 Å². The van der Waals surface area contributed by atoms with Crippen LogP contribution in [-0.2, 0) is 0 Å². The topological polar surface area (TPSA) is 29.3 Å². The van der Waals surface area contributed by atoms with Gasteiger partial charge < -0.3 is 10.6 Å². The summed E-state index contributed by atoms with van der Waals surface area (Å²) < 4.78 is 0. The average molecular weight is 224 g/mol. The van der Waals surface area contributed by atoms with Crippen LogP contribution < -0.4 is 5.73 Å². The molecule has 1 saturated carbocycles. The van der Waals surface area contributed by atoms with E-state index in [-0.39, 0.29) is 0 Å². The zero-order valence-electron chi connectivity index (χ0n) is 10.7. The fourth-order valence-corrected chi connectivity index (χ4v) is 3.55. The van der Waals surface area contributed by atoms with Crippen LogP contribution in [0.1, 0.15) is 57.8 Å². The maximum atomic E-state index is 5.98. The van der Waals surface area contributed by atoms with Gasteiger partial charge in [-0.25, -0.2) is 0 Å². The summed E-state index contributed by atoms with van der Waals surface area (Å²) in [6.45, 7) is 3.57. The van der Waals surface area contributed by atoms with Crippen molar-refractivity contribution < 1.29 is 0 Å². The van der Waals surface area contributed by atoms with Gasteiger partial charge in [0.1, 0.15) is 0 Å². The number of hydrogen-bond donors (Lipinski definition) is 1. The number of rotatable bonds is 2. The van der Waals surface area contributed by atoms with Crippen molar-refractivity contribution in [1.29, 1.82) is 0 Å². The van der Waals surface area contributed by atoms with E-state index in [9.17, 15) is 0 Å². The van der Waals surface area contributed by atoms with Gasteiger partial charge in [-0.05, 0) is 51.2 Å². The Balaban J connectivity index is 1.96. The van der Waals surface area contributed by atoms with Gasteiger partial charge in [0.15, 0.2) is 0 Å². The largest absolute Gasteiger partial charge is 0.330 e. The predicted octanol–water partition coefficient (Wildman–Crippen LogP) is 2.77. The summed E-state index contributed by atoms with van der Waals surface area (Å²) in [6.07, 6.45) is 12.7. The normalized spacial score (nSPS) is 34.3. The molecule has 0 radical (unpaired) electrons. The zero-order valence-corrected chi connectivity index (χ0v) is 10.7. The quantitative estimate of drug-likeness (QED) is 0.731. The lowest BCUT2D eigenvalue weighted by molar-refractivity contribution is 0.140. The first-order chi connectivity index (χ1) is 7.92. The van der Waals surface area contributed by atoms with Crippen molar-refractivity contribution in [1.82, 2.24) is 4.90 Å². The van der Waals surface area contributed by atoms with Gasteiger partial charge in [-0.3, -0.25) is 0 Å². The van der Waals surface area contributed by atoms with Gasteiger partial charge in [-0.1, -0.05) is 32.1 Å². The molecule has 2 nitrogen and oxygen atoms in total. The van der Waals surface area contributed by atoms with Gasteiger partial charge >= 0.3 is 0 Å². The number of likely N-dealkylation sites (tertiary alicyclic amines) is 1. The van der Waals surface area contributed by atoms with E-state index >= 15 is 0 Å². The van der Waals surface area contributed by atoms with Crippen LogP contribution in [0.5, 0.6) is 0 Å². The molecular weight excluding hydrogens is 196 g/mol. The van der Waals surface area contributed by atoms with Gasteiger partial charge in [-0.15, -0.1) is 0 Å². The molecule has 2 N–H and O–H groups in total. The standard InChI is InChI=1S/C14H28N2/c15-12-13-8-4-3-5-9-14(13)16-10-6-1-2-7-11-16/h13-14H,1-12,15H2. The molecule has 1 saturated heterocycles. The van der Waals surface area contributed by atoms with Crippen LogP contribution in [0.2, 0.25) is 0 Å². The molecule has 0 amide bonds. The molecule has 0 aromatic rings. The maximum absolute atomic E-state index is 5.98. The highest BCUT2D eigenvalue weighted by molar-refractivity contribution is 4.83. The lowest BCUT2D eigenvalue weighted by Crippen LogP contribution is -2.43. The molecule has 2 atom stereocenters.